The average Bonchev–Trinajstić information content (AvgIpc) is 2.70. The zero-order valence-electron chi connectivity index (χ0n) is 10.3. The molecule has 5 nitrogen and oxygen atoms in total. The highest BCUT2D eigenvalue weighted by molar-refractivity contribution is 9.11. The summed E-state index contributed by atoms with van der Waals surface area (Å²) in [7, 11) is 0. The summed E-state index contributed by atoms with van der Waals surface area (Å²) in [6.45, 7) is -0.347. The van der Waals surface area contributed by atoms with Crippen LogP contribution in [0.3, 0.4) is 0 Å². The summed E-state index contributed by atoms with van der Waals surface area (Å²) in [6.07, 6.45) is 1.16. The molecule has 0 atom stereocenters. The summed E-state index contributed by atoms with van der Waals surface area (Å²) >= 11 is 18.6. The number of hydrogen-bond donors (Lipinski definition) is 2. The van der Waals surface area contributed by atoms with E-state index in [4.69, 9.17) is 28.3 Å². The van der Waals surface area contributed by atoms with E-state index in [0.29, 0.717) is 24.7 Å². The number of anilines is 1. The van der Waals surface area contributed by atoms with Gasteiger partial charge < -0.3 is 10.4 Å². The number of β-amino-alcohol motifs (C(OH)–C–C–N with tert-alkyl or cyclic N) is 1. The monoisotopic (exact) mass is 456 g/mol. The standard InChI is InChI=1S/C12H8Br2Cl2N2O3/c13-9-5(15)3-6(10(14)11(9)16)17-7-4-8(20)18(1-2-19)12(7)21/h3-4,17,19H,1-2H2. The average molecular weight is 459 g/mol. The van der Waals surface area contributed by atoms with Gasteiger partial charge in [0.15, 0.2) is 0 Å². The first-order chi connectivity index (χ1) is 9.86. The van der Waals surface area contributed by atoms with Gasteiger partial charge in [-0.3, -0.25) is 14.5 Å². The Labute approximate surface area is 147 Å². The van der Waals surface area contributed by atoms with Crippen molar-refractivity contribution in [1.29, 1.82) is 0 Å². The summed E-state index contributed by atoms with van der Waals surface area (Å²) < 4.78 is 1.02. The SMILES string of the molecule is O=C1C=C(Nc2cc(Cl)c(Br)c(Cl)c2Br)C(=O)N1CCO. The molecule has 1 heterocycles. The van der Waals surface area contributed by atoms with Gasteiger partial charge in [0.1, 0.15) is 5.70 Å². The van der Waals surface area contributed by atoms with E-state index in [2.05, 4.69) is 37.2 Å². The molecule has 0 bridgehead atoms. The number of nitrogens with one attached hydrogen (secondary N) is 1. The number of halogens is 4. The summed E-state index contributed by atoms with van der Waals surface area (Å²) in [5.41, 5.74) is 0.537. The molecule has 1 aliphatic heterocycles. The maximum atomic E-state index is 12.0. The molecule has 0 spiro atoms. The highest BCUT2D eigenvalue weighted by atomic mass is 79.9. The molecule has 21 heavy (non-hydrogen) atoms. The van der Waals surface area contributed by atoms with Crippen molar-refractivity contribution >= 4 is 72.6 Å². The van der Waals surface area contributed by atoms with E-state index in [1.165, 1.54) is 0 Å². The van der Waals surface area contributed by atoms with Gasteiger partial charge in [-0.1, -0.05) is 23.2 Å². The maximum Gasteiger partial charge on any atom is 0.277 e. The molecule has 2 N–H and O–H groups in total. The van der Waals surface area contributed by atoms with Crippen LogP contribution in [0, 0.1) is 0 Å². The number of imide groups is 1. The molecular formula is C12H8Br2Cl2N2O3. The fraction of sp³-hybridized carbons (Fsp3) is 0.167. The molecule has 1 aromatic carbocycles. The third-order valence-corrected chi connectivity index (χ3v) is 5.71. The van der Waals surface area contributed by atoms with Crippen LogP contribution in [-0.4, -0.2) is 35.0 Å². The van der Waals surface area contributed by atoms with Gasteiger partial charge in [-0.05, 0) is 37.9 Å². The Morgan fingerprint density at radius 2 is 1.90 bits per heavy atom. The second-order valence-electron chi connectivity index (χ2n) is 4.05. The number of carbonyl (C=O) groups is 2. The molecule has 0 fully saturated rings. The molecule has 1 aliphatic rings. The number of carbonyl (C=O) groups excluding carboxylic acids is 2. The third kappa shape index (κ3) is 3.27. The van der Waals surface area contributed by atoms with Gasteiger partial charge in [-0.2, -0.15) is 0 Å². The van der Waals surface area contributed by atoms with E-state index in [-0.39, 0.29) is 18.8 Å². The van der Waals surface area contributed by atoms with Crippen LogP contribution < -0.4 is 5.32 Å². The first kappa shape index (κ1) is 16.8. The fourth-order valence-corrected chi connectivity index (χ4v) is 3.16. The summed E-state index contributed by atoms with van der Waals surface area (Å²) in [5, 5.41) is 12.4. The van der Waals surface area contributed by atoms with E-state index in [1.54, 1.807) is 6.07 Å². The molecule has 0 radical (unpaired) electrons. The predicted molar refractivity (Wildman–Crippen MR) is 87.4 cm³/mol. The summed E-state index contributed by atoms with van der Waals surface area (Å²) in [6, 6.07) is 1.56. The number of rotatable bonds is 4. The van der Waals surface area contributed by atoms with Crippen LogP contribution in [0.15, 0.2) is 26.8 Å². The van der Waals surface area contributed by atoms with Crippen LogP contribution in [0.2, 0.25) is 10.0 Å². The van der Waals surface area contributed by atoms with Crippen molar-refractivity contribution in [2.24, 2.45) is 0 Å². The van der Waals surface area contributed by atoms with Crippen LogP contribution in [0.1, 0.15) is 0 Å². The van der Waals surface area contributed by atoms with Crippen molar-refractivity contribution in [3.8, 4) is 0 Å². The minimum atomic E-state index is -0.517. The van der Waals surface area contributed by atoms with Crippen molar-refractivity contribution in [2.45, 2.75) is 0 Å². The smallest absolute Gasteiger partial charge is 0.277 e. The Bertz CT molecular complexity index is 664. The number of hydrogen-bond acceptors (Lipinski definition) is 4. The van der Waals surface area contributed by atoms with E-state index in [9.17, 15) is 9.59 Å². The van der Waals surface area contributed by atoms with E-state index in [1.807, 2.05) is 0 Å². The molecule has 112 valence electrons. The Morgan fingerprint density at radius 3 is 2.52 bits per heavy atom. The lowest BCUT2D eigenvalue weighted by Crippen LogP contribution is -2.34. The van der Waals surface area contributed by atoms with Crippen molar-refractivity contribution in [3.63, 3.8) is 0 Å². The molecule has 9 heteroatoms. The largest absolute Gasteiger partial charge is 0.395 e. The Morgan fingerprint density at radius 1 is 1.24 bits per heavy atom. The Balaban J connectivity index is 2.30. The van der Waals surface area contributed by atoms with Crippen LogP contribution in [0.4, 0.5) is 5.69 Å². The molecule has 1 aromatic rings. The zero-order valence-corrected chi connectivity index (χ0v) is 15.0. The topological polar surface area (TPSA) is 69.6 Å². The lowest BCUT2D eigenvalue weighted by atomic mass is 10.3. The van der Waals surface area contributed by atoms with Crippen LogP contribution in [0.25, 0.3) is 0 Å². The minimum absolute atomic E-state index is 0.0532. The first-order valence-electron chi connectivity index (χ1n) is 5.65. The molecule has 0 aromatic heterocycles. The van der Waals surface area contributed by atoms with Gasteiger partial charge in [0.2, 0.25) is 0 Å². The Hall–Kier alpha value is -0.600. The lowest BCUT2D eigenvalue weighted by Gasteiger charge is -2.15. The highest BCUT2D eigenvalue weighted by Gasteiger charge is 2.31. The second kappa shape index (κ2) is 6.66. The maximum absolute atomic E-state index is 12.0. The van der Waals surface area contributed by atoms with Crippen LogP contribution in [0.5, 0.6) is 0 Å². The number of benzene rings is 1. The third-order valence-electron chi connectivity index (χ3n) is 2.70. The number of nitrogens with zero attached hydrogens (tertiary/aromatic N) is 1. The molecule has 2 rings (SSSR count). The van der Waals surface area contributed by atoms with E-state index < -0.39 is 11.8 Å². The number of amides is 2. The van der Waals surface area contributed by atoms with E-state index >= 15 is 0 Å². The highest BCUT2D eigenvalue weighted by Crippen LogP contribution is 2.41. The molecule has 0 saturated heterocycles. The fourth-order valence-electron chi connectivity index (χ4n) is 1.72. The van der Waals surface area contributed by atoms with Gasteiger partial charge in [0.25, 0.3) is 11.8 Å². The first-order valence-corrected chi connectivity index (χ1v) is 7.99. The van der Waals surface area contributed by atoms with Gasteiger partial charge in [0, 0.05) is 6.08 Å². The zero-order chi connectivity index (χ0) is 15.7. The molecule has 2 amide bonds. The molecule has 0 unspecified atom stereocenters. The van der Waals surface area contributed by atoms with Gasteiger partial charge >= 0.3 is 0 Å². The van der Waals surface area contributed by atoms with Gasteiger partial charge in [-0.25, -0.2) is 0 Å². The predicted octanol–water partition coefficient (Wildman–Crippen LogP) is 3.18. The minimum Gasteiger partial charge on any atom is -0.395 e. The quantitative estimate of drug-likeness (QED) is 0.413. The summed E-state index contributed by atoms with van der Waals surface area (Å²) in [5.74, 6) is -1.00. The Kier molecular flexibility index (Phi) is 5.32. The lowest BCUT2D eigenvalue weighted by molar-refractivity contribution is -0.137. The van der Waals surface area contributed by atoms with Crippen molar-refractivity contribution < 1.29 is 14.7 Å². The number of aliphatic hydroxyl groups excluding tert-OH is 1. The number of aliphatic hydroxyl groups is 1. The summed E-state index contributed by atoms with van der Waals surface area (Å²) in [4.78, 5) is 24.6. The van der Waals surface area contributed by atoms with Gasteiger partial charge in [0.05, 0.1) is 37.8 Å². The molecular weight excluding hydrogens is 451 g/mol. The molecule has 0 aliphatic carbocycles. The van der Waals surface area contributed by atoms with Crippen LogP contribution >= 0.6 is 55.1 Å². The van der Waals surface area contributed by atoms with E-state index in [0.717, 1.165) is 11.0 Å². The van der Waals surface area contributed by atoms with Crippen molar-refractivity contribution in [2.75, 3.05) is 18.5 Å². The van der Waals surface area contributed by atoms with Crippen LogP contribution in [-0.2, 0) is 9.59 Å². The normalized spacial score (nSPS) is 14.7. The van der Waals surface area contributed by atoms with Gasteiger partial charge in [-0.15, -0.1) is 0 Å². The molecule has 0 saturated carbocycles. The van der Waals surface area contributed by atoms with Crippen molar-refractivity contribution in [3.05, 3.63) is 36.8 Å². The van der Waals surface area contributed by atoms with Crippen molar-refractivity contribution in [1.82, 2.24) is 4.90 Å². The second-order valence-corrected chi connectivity index (χ2v) is 6.42.